The number of fused-ring (bicyclic) bond motifs is 1. The monoisotopic (exact) mass is 394 g/mol. The van der Waals surface area contributed by atoms with Crippen molar-refractivity contribution >= 4 is 31.4 Å². The van der Waals surface area contributed by atoms with E-state index in [1.807, 2.05) is 0 Å². The van der Waals surface area contributed by atoms with Gasteiger partial charge in [-0.15, -0.1) is 0 Å². The second-order valence-electron chi connectivity index (χ2n) is 5.75. The van der Waals surface area contributed by atoms with Gasteiger partial charge >= 0.3 is 0 Å². The maximum Gasteiger partial charge on any atom is 0.241 e. The van der Waals surface area contributed by atoms with E-state index in [1.165, 1.54) is 19.2 Å². The highest BCUT2D eigenvalue weighted by molar-refractivity contribution is 7.94. The smallest absolute Gasteiger partial charge is 0.241 e. The van der Waals surface area contributed by atoms with Gasteiger partial charge in [-0.3, -0.25) is 0 Å². The summed E-state index contributed by atoms with van der Waals surface area (Å²) in [4.78, 5) is 6.37. The fourth-order valence-electron chi connectivity index (χ4n) is 2.48. The summed E-state index contributed by atoms with van der Waals surface area (Å²) < 4.78 is 47.2. The highest BCUT2D eigenvalue weighted by Crippen LogP contribution is 2.40. The summed E-state index contributed by atoms with van der Waals surface area (Å²) in [7, 11) is -2.46. The number of guanidine groups is 1. The molecule has 1 aliphatic heterocycles. The lowest BCUT2D eigenvalue weighted by molar-refractivity contribution is 0.402. The van der Waals surface area contributed by atoms with E-state index in [2.05, 4.69) is 9.36 Å². The molecule has 8 nitrogen and oxygen atoms in total. The number of nitrogens with zero attached hydrogens (tertiary/aromatic N) is 3. The fourth-order valence-corrected chi connectivity index (χ4v) is 5.34. The molecule has 2 N–H and O–H groups in total. The largest absolute Gasteiger partial charge is 0.495 e. The number of hydrogen-bond donors (Lipinski definition) is 1. The number of ether oxygens (including phenoxy) is 1. The Morgan fingerprint density at radius 2 is 1.81 bits per heavy atom. The first-order chi connectivity index (χ1) is 12.2. The third-order valence-electron chi connectivity index (χ3n) is 3.74. The van der Waals surface area contributed by atoms with E-state index in [4.69, 9.17) is 9.88 Å². The van der Waals surface area contributed by atoms with Crippen LogP contribution < -0.4 is 9.88 Å². The van der Waals surface area contributed by atoms with Gasteiger partial charge in [-0.2, -0.15) is 4.36 Å². The van der Waals surface area contributed by atoms with E-state index >= 15 is 0 Å². The van der Waals surface area contributed by atoms with E-state index in [9.17, 15) is 12.6 Å². The van der Waals surface area contributed by atoms with Crippen LogP contribution in [-0.4, -0.2) is 44.7 Å². The summed E-state index contributed by atoms with van der Waals surface area (Å²) >= 11 is 0. The van der Waals surface area contributed by atoms with Crippen molar-refractivity contribution in [1.29, 1.82) is 0 Å². The van der Waals surface area contributed by atoms with Gasteiger partial charge in [-0.1, -0.05) is 18.2 Å². The average Bonchev–Trinajstić information content (AvgIpc) is 2.60. The van der Waals surface area contributed by atoms with E-state index in [0.717, 1.165) is 0 Å². The molecule has 0 aliphatic carbocycles. The van der Waals surface area contributed by atoms with E-state index < -0.39 is 19.8 Å². The first-order valence-corrected chi connectivity index (χ1v) is 10.6. The van der Waals surface area contributed by atoms with Gasteiger partial charge in [0.25, 0.3) is 0 Å². The van der Waals surface area contributed by atoms with Crippen molar-refractivity contribution in [1.82, 2.24) is 4.90 Å². The minimum Gasteiger partial charge on any atom is -0.495 e. The van der Waals surface area contributed by atoms with Gasteiger partial charge in [0, 0.05) is 20.2 Å². The fraction of sp³-hybridized carbons (Fsp3) is 0.188. The Morgan fingerprint density at radius 3 is 2.35 bits per heavy atom. The first-order valence-electron chi connectivity index (χ1n) is 7.50. The number of hydrogen-bond acceptors (Lipinski definition) is 7. The standard InChI is InChI=1S/C16H18N4O4S2/c1-20(2)16-18-12-9-13(24-3)15(26(17,22)23)10-14(12)25(21,19-16)11-7-5-4-6-8-11/h4-10H,1-3H3,(H2,17,22,23). The molecule has 1 heterocycles. The highest BCUT2D eigenvalue weighted by Gasteiger charge is 2.29. The molecule has 0 spiro atoms. The third kappa shape index (κ3) is 3.06. The molecule has 138 valence electrons. The van der Waals surface area contributed by atoms with Crippen molar-refractivity contribution in [3.8, 4) is 5.75 Å². The van der Waals surface area contributed by atoms with Crippen molar-refractivity contribution in [3.05, 3.63) is 42.5 Å². The van der Waals surface area contributed by atoms with Crippen molar-refractivity contribution in [2.24, 2.45) is 14.5 Å². The van der Waals surface area contributed by atoms with E-state index in [-0.39, 0.29) is 21.5 Å². The molecule has 1 atom stereocenters. The number of rotatable bonds is 3. The average molecular weight is 394 g/mol. The summed E-state index contributed by atoms with van der Waals surface area (Å²) in [6.07, 6.45) is 0. The van der Waals surface area contributed by atoms with Gasteiger partial charge in [-0.05, 0) is 18.2 Å². The van der Waals surface area contributed by atoms with E-state index in [0.29, 0.717) is 10.6 Å². The number of nitrogens with two attached hydrogens (primary N) is 1. The van der Waals surface area contributed by atoms with Gasteiger partial charge in [0.1, 0.15) is 20.4 Å². The van der Waals surface area contributed by atoms with Crippen LogP contribution in [0.2, 0.25) is 0 Å². The van der Waals surface area contributed by atoms with Gasteiger partial charge in [0.2, 0.25) is 16.0 Å². The van der Waals surface area contributed by atoms with Gasteiger partial charge < -0.3 is 9.64 Å². The Balaban J connectivity index is 2.43. The number of benzene rings is 2. The predicted octanol–water partition coefficient (Wildman–Crippen LogP) is 1.79. The molecule has 3 rings (SSSR count). The molecule has 1 aliphatic rings. The van der Waals surface area contributed by atoms with Crippen LogP contribution >= 0.6 is 0 Å². The number of primary sulfonamides is 1. The maximum absolute atomic E-state index is 13.9. The molecule has 0 fully saturated rings. The lowest BCUT2D eigenvalue weighted by atomic mass is 10.3. The Labute approximate surface area is 152 Å². The summed E-state index contributed by atoms with van der Waals surface area (Å²) in [5.74, 6) is 0.293. The molecule has 0 amide bonds. The summed E-state index contributed by atoms with van der Waals surface area (Å²) in [6.45, 7) is 0. The van der Waals surface area contributed by atoms with Crippen LogP contribution in [0.3, 0.4) is 0 Å². The highest BCUT2D eigenvalue weighted by atomic mass is 32.2. The van der Waals surface area contributed by atoms with Crippen molar-refractivity contribution < 1.29 is 17.4 Å². The van der Waals surface area contributed by atoms with Gasteiger partial charge in [-0.25, -0.2) is 22.8 Å². The van der Waals surface area contributed by atoms with E-state index in [1.54, 1.807) is 49.3 Å². The Kier molecular flexibility index (Phi) is 4.51. The molecule has 0 radical (unpaired) electrons. The maximum atomic E-state index is 13.9. The van der Waals surface area contributed by atoms with Crippen LogP contribution in [0.5, 0.6) is 5.75 Å². The number of methoxy groups -OCH3 is 1. The summed E-state index contributed by atoms with van der Waals surface area (Å²) in [6, 6.07) is 11.3. The molecule has 1 unspecified atom stereocenters. The SMILES string of the molecule is COc1cc2c(cc1S(N)(=O)=O)S(=O)(c1ccccc1)=NC(N(C)C)=N2. The van der Waals surface area contributed by atoms with Crippen LogP contribution in [0.4, 0.5) is 5.69 Å². The molecular weight excluding hydrogens is 376 g/mol. The summed E-state index contributed by atoms with van der Waals surface area (Å²) in [5.41, 5.74) is 0.321. The van der Waals surface area contributed by atoms with Crippen LogP contribution in [-0.2, 0) is 19.8 Å². The van der Waals surface area contributed by atoms with Crippen LogP contribution in [0.15, 0.2) is 66.5 Å². The first kappa shape index (κ1) is 18.4. The molecule has 0 aromatic heterocycles. The molecule has 0 bridgehead atoms. The zero-order valence-corrected chi connectivity index (χ0v) is 16.0. The van der Waals surface area contributed by atoms with Gasteiger partial charge in [0.15, 0.2) is 0 Å². The van der Waals surface area contributed by atoms with Crippen molar-refractivity contribution in [3.63, 3.8) is 0 Å². The van der Waals surface area contributed by atoms with Crippen molar-refractivity contribution in [2.75, 3.05) is 21.2 Å². The Bertz CT molecular complexity index is 1120. The van der Waals surface area contributed by atoms with Crippen LogP contribution in [0.1, 0.15) is 0 Å². The number of aliphatic imine (C=N–C) groups is 1. The minimum absolute atomic E-state index is 0.0322. The molecule has 2 aromatic carbocycles. The molecule has 2 aromatic rings. The topological polar surface area (TPSA) is 114 Å². The molecule has 10 heteroatoms. The predicted molar refractivity (Wildman–Crippen MR) is 98.7 cm³/mol. The Morgan fingerprint density at radius 1 is 1.15 bits per heavy atom. The molecule has 0 saturated heterocycles. The zero-order chi connectivity index (χ0) is 19.1. The molecule has 0 saturated carbocycles. The second-order valence-corrected chi connectivity index (χ2v) is 9.43. The van der Waals surface area contributed by atoms with Crippen LogP contribution in [0.25, 0.3) is 0 Å². The molecular formula is C16H18N4O4S2. The lowest BCUT2D eigenvalue weighted by Crippen LogP contribution is -2.24. The lowest BCUT2D eigenvalue weighted by Gasteiger charge is -2.22. The number of sulfonamides is 1. The Hall–Kier alpha value is -2.43. The van der Waals surface area contributed by atoms with Crippen LogP contribution in [0, 0.1) is 0 Å². The zero-order valence-electron chi connectivity index (χ0n) is 14.4. The third-order valence-corrected chi connectivity index (χ3v) is 6.93. The summed E-state index contributed by atoms with van der Waals surface area (Å²) in [5, 5.41) is 5.29. The van der Waals surface area contributed by atoms with Gasteiger partial charge in [0.05, 0.1) is 22.6 Å². The normalized spacial score (nSPS) is 19.2. The van der Waals surface area contributed by atoms with Crippen molar-refractivity contribution in [2.45, 2.75) is 14.7 Å². The molecule has 26 heavy (non-hydrogen) atoms. The minimum atomic E-state index is -4.09. The second kappa shape index (κ2) is 6.38. The quantitative estimate of drug-likeness (QED) is 0.852.